The van der Waals surface area contributed by atoms with Crippen molar-refractivity contribution >= 4 is 22.0 Å². The summed E-state index contributed by atoms with van der Waals surface area (Å²) in [5.74, 6) is 0.294. The van der Waals surface area contributed by atoms with E-state index < -0.39 is 10.1 Å². The number of nitrogens with two attached hydrogens (primary N) is 1. The molecule has 2 rings (SSSR count). The van der Waals surface area contributed by atoms with Gasteiger partial charge in [-0.05, 0) is 18.6 Å². The lowest BCUT2D eigenvalue weighted by molar-refractivity contribution is 0.483. The van der Waals surface area contributed by atoms with Gasteiger partial charge in [-0.2, -0.15) is 23.4 Å². The van der Waals surface area contributed by atoms with Crippen LogP contribution in [-0.4, -0.2) is 34.5 Å². The normalized spacial score (nSPS) is 11.3. The third-order valence-corrected chi connectivity index (χ3v) is 3.50. The van der Waals surface area contributed by atoms with Gasteiger partial charge in [0.25, 0.3) is 10.1 Å². The van der Waals surface area contributed by atoms with Crippen molar-refractivity contribution in [3.63, 3.8) is 0 Å². The van der Waals surface area contributed by atoms with Crippen molar-refractivity contribution in [2.45, 2.75) is 18.2 Å². The lowest BCUT2D eigenvalue weighted by Crippen LogP contribution is -2.10. The number of hydrogen-bond acceptors (Lipinski definition) is 7. The minimum absolute atomic E-state index is 0.0382. The molecule has 0 saturated carbocycles. The Kier molecular flexibility index (Phi) is 4.34. The summed E-state index contributed by atoms with van der Waals surface area (Å²) in [7, 11) is -4.39. The fourth-order valence-electron chi connectivity index (χ4n) is 1.70. The molecule has 0 amide bonds. The summed E-state index contributed by atoms with van der Waals surface area (Å²) in [4.78, 5) is 11.7. The molecular weight excluding hydrogens is 294 g/mol. The van der Waals surface area contributed by atoms with Crippen molar-refractivity contribution in [2.75, 3.05) is 17.6 Å². The third-order valence-electron chi connectivity index (χ3n) is 2.59. The first-order valence-electron chi connectivity index (χ1n) is 6.24. The largest absolute Gasteiger partial charge is 0.368 e. The number of nitrogens with one attached hydrogen (secondary N) is 1. The van der Waals surface area contributed by atoms with Crippen molar-refractivity contribution in [2.24, 2.45) is 0 Å². The molecule has 2 aromatic rings. The SMILES string of the molecule is CCCNc1nc(N)nc(-c2ccccc2S(=O)(=O)O)n1. The molecule has 0 bridgehead atoms. The van der Waals surface area contributed by atoms with Crippen LogP contribution in [0.2, 0.25) is 0 Å². The highest BCUT2D eigenvalue weighted by atomic mass is 32.2. The predicted octanol–water partition coefficient (Wildman–Crippen LogP) is 1.19. The molecule has 0 saturated heterocycles. The second-order valence-electron chi connectivity index (χ2n) is 4.24. The minimum atomic E-state index is -4.39. The number of benzene rings is 1. The van der Waals surface area contributed by atoms with E-state index in [1.165, 1.54) is 18.2 Å². The highest BCUT2D eigenvalue weighted by molar-refractivity contribution is 7.86. The first-order valence-corrected chi connectivity index (χ1v) is 7.68. The van der Waals surface area contributed by atoms with E-state index in [1.807, 2.05) is 6.92 Å². The monoisotopic (exact) mass is 309 g/mol. The second-order valence-corrected chi connectivity index (χ2v) is 5.63. The van der Waals surface area contributed by atoms with Gasteiger partial charge in [-0.15, -0.1) is 0 Å². The van der Waals surface area contributed by atoms with E-state index in [4.69, 9.17) is 5.73 Å². The Bertz CT molecular complexity index is 748. The Morgan fingerprint density at radius 3 is 2.62 bits per heavy atom. The first kappa shape index (κ1) is 15.1. The van der Waals surface area contributed by atoms with E-state index in [9.17, 15) is 13.0 Å². The predicted molar refractivity (Wildman–Crippen MR) is 78.3 cm³/mol. The molecule has 0 atom stereocenters. The molecule has 0 radical (unpaired) electrons. The van der Waals surface area contributed by atoms with Crippen molar-refractivity contribution in [3.8, 4) is 11.4 Å². The molecule has 0 unspecified atom stereocenters. The fraction of sp³-hybridized carbons (Fsp3) is 0.250. The number of anilines is 2. The van der Waals surface area contributed by atoms with Crippen LogP contribution in [0.3, 0.4) is 0 Å². The minimum Gasteiger partial charge on any atom is -0.368 e. The average Bonchev–Trinajstić information content (AvgIpc) is 2.43. The van der Waals surface area contributed by atoms with E-state index in [0.717, 1.165) is 6.42 Å². The molecular formula is C12H15N5O3S. The zero-order valence-corrected chi connectivity index (χ0v) is 12.1. The number of nitrogens with zero attached hydrogens (tertiary/aromatic N) is 3. The van der Waals surface area contributed by atoms with Gasteiger partial charge in [0.15, 0.2) is 5.82 Å². The Hall–Kier alpha value is -2.26. The van der Waals surface area contributed by atoms with Crippen LogP contribution >= 0.6 is 0 Å². The molecule has 0 spiro atoms. The molecule has 1 aromatic heterocycles. The summed E-state index contributed by atoms with van der Waals surface area (Å²) in [5.41, 5.74) is 5.77. The van der Waals surface area contributed by atoms with Crippen LogP contribution in [0.15, 0.2) is 29.2 Å². The molecule has 1 aromatic carbocycles. The van der Waals surface area contributed by atoms with Gasteiger partial charge in [0.05, 0.1) is 0 Å². The third kappa shape index (κ3) is 3.64. The molecule has 4 N–H and O–H groups in total. The van der Waals surface area contributed by atoms with Gasteiger partial charge in [0.2, 0.25) is 11.9 Å². The molecule has 112 valence electrons. The van der Waals surface area contributed by atoms with Crippen molar-refractivity contribution in [3.05, 3.63) is 24.3 Å². The van der Waals surface area contributed by atoms with E-state index in [1.54, 1.807) is 6.07 Å². The molecule has 0 aliphatic rings. The van der Waals surface area contributed by atoms with E-state index in [-0.39, 0.29) is 28.2 Å². The molecule has 0 aliphatic carbocycles. The Balaban J connectivity index is 2.55. The summed E-state index contributed by atoms with van der Waals surface area (Å²) in [6, 6.07) is 5.86. The van der Waals surface area contributed by atoms with E-state index in [0.29, 0.717) is 6.54 Å². The van der Waals surface area contributed by atoms with Crippen molar-refractivity contribution < 1.29 is 13.0 Å². The summed E-state index contributed by atoms with van der Waals surface area (Å²) >= 11 is 0. The maximum absolute atomic E-state index is 11.4. The van der Waals surface area contributed by atoms with Crippen LogP contribution < -0.4 is 11.1 Å². The van der Waals surface area contributed by atoms with Gasteiger partial charge in [-0.1, -0.05) is 19.1 Å². The van der Waals surface area contributed by atoms with Crippen molar-refractivity contribution in [1.29, 1.82) is 0 Å². The molecule has 0 fully saturated rings. The van der Waals surface area contributed by atoms with Crippen LogP contribution in [0.5, 0.6) is 0 Å². The molecule has 0 aliphatic heterocycles. The lowest BCUT2D eigenvalue weighted by atomic mass is 10.2. The highest BCUT2D eigenvalue weighted by Gasteiger charge is 2.18. The quantitative estimate of drug-likeness (QED) is 0.702. The van der Waals surface area contributed by atoms with Crippen molar-refractivity contribution in [1.82, 2.24) is 15.0 Å². The summed E-state index contributed by atoms with van der Waals surface area (Å²) in [6.45, 7) is 2.62. The second kappa shape index (κ2) is 6.02. The molecule has 8 nitrogen and oxygen atoms in total. The standard InChI is InChI=1S/C12H15N5O3S/c1-2-7-14-12-16-10(15-11(13)17-12)8-5-3-4-6-9(8)21(18,19)20/h3-6H,2,7H2,1H3,(H,18,19,20)(H3,13,14,15,16,17). The van der Waals surface area contributed by atoms with Gasteiger partial charge >= 0.3 is 0 Å². The van der Waals surface area contributed by atoms with Crippen LogP contribution in [0.25, 0.3) is 11.4 Å². The molecule has 1 heterocycles. The lowest BCUT2D eigenvalue weighted by Gasteiger charge is -2.08. The smallest absolute Gasteiger partial charge is 0.295 e. The van der Waals surface area contributed by atoms with Crippen LogP contribution in [0, 0.1) is 0 Å². The maximum Gasteiger partial charge on any atom is 0.295 e. The topological polar surface area (TPSA) is 131 Å². The summed E-state index contributed by atoms with van der Waals surface area (Å²) in [6.07, 6.45) is 0.864. The van der Waals surface area contributed by atoms with Gasteiger partial charge in [0, 0.05) is 12.1 Å². The van der Waals surface area contributed by atoms with Gasteiger partial charge < -0.3 is 11.1 Å². The van der Waals surface area contributed by atoms with Gasteiger partial charge in [0.1, 0.15) is 4.90 Å². The van der Waals surface area contributed by atoms with Gasteiger partial charge in [-0.3, -0.25) is 4.55 Å². The van der Waals surface area contributed by atoms with Gasteiger partial charge in [-0.25, -0.2) is 0 Å². The fourth-order valence-corrected chi connectivity index (χ4v) is 2.39. The molecule has 21 heavy (non-hydrogen) atoms. The van der Waals surface area contributed by atoms with E-state index in [2.05, 4.69) is 20.3 Å². The van der Waals surface area contributed by atoms with Crippen LogP contribution in [0.4, 0.5) is 11.9 Å². The summed E-state index contributed by atoms with van der Waals surface area (Å²) < 4.78 is 32.1. The zero-order chi connectivity index (χ0) is 15.5. The van der Waals surface area contributed by atoms with Crippen LogP contribution in [-0.2, 0) is 10.1 Å². The van der Waals surface area contributed by atoms with Crippen LogP contribution in [0.1, 0.15) is 13.3 Å². The number of nitrogen functional groups attached to an aromatic ring is 1. The Morgan fingerprint density at radius 2 is 1.95 bits per heavy atom. The first-order chi connectivity index (χ1) is 9.91. The average molecular weight is 309 g/mol. The maximum atomic E-state index is 11.4. The zero-order valence-electron chi connectivity index (χ0n) is 11.3. The summed E-state index contributed by atoms with van der Waals surface area (Å²) in [5, 5.41) is 2.95. The molecule has 9 heteroatoms. The number of rotatable bonds is 5. The Morgan fingerprint density at radius 1 is 1.24 bits per heavy atom. The Labute approximate surface area is 122 Å². The number of hydrogen-bond donors (Lipinski definition) is 3. The number of aromatic nitrogens is 3. The van der Waals surface area contributed by atoms with E-state index >= 15 is 0 Å². The highest BCUT2D eigenvalue weighted by Crippen LogP contribution is 2.25.